The first-order chi connectivity index (χ1) is 9.15. The molecule has 0 bridgehead atoms. The summed E-state index contributed by atoms with van der Waals surface area (Å²) in [5.41, 5.74) is 3.38. The van der Waals surface area contributed by atoms with Gasteiger partial charge in [-0.25, -0.2) is 0 Å². The number of hydrogen-bond donors (Lipinski definition) is 1. The molecule has 0 aliphatic heterocycles. The molecule has 0 radical (unpaired) electrons. The summed E-state index contributed by atoms with van der Waals surface area (Å²) in [7, 11) is 1.93. The largest absolute Gasteiger partial charge is 0.305 e. The molecule has 0 saturated heterocycles. The van der Waals surface area contributed by atoms with Gasteiger partial charge in [0.15, 0.2) is 0 Å². The Kier molecular flexibility index (Phi) is 4.76. The number of nitrogens with zero attached hydrogens (tertiary/aromatic N) is 4. The van der Waals surface area contributed by atoms with Crippen LogP contribution in [0.25, 0.3) is 0 Å². The van der Waals surface area contributed by atoms with Gasteiger partial charge in [0.25, 0.3) is 0 Å². The summed E-state index contributed by atoms with van der Waals surface area (Å²) in [5, 5.41) is 12.4. The second-order valence-corrected chi connectivity index (χ2v) is 5.25. The van der Waals surface area contributed by atoms with Crippen LogP contribution in [0, 0.1) is 0 Å². The molecule has 0 fully saturated rings. The third-order valence-corrected chi connectivity index (χ3v) is 3.98. The van der Waals surface area contributed by atoms with Gasteiger partial charge in [-0.3, -0.25) is 9.36 Å². The lowest BCUT2D eigenvalue weighted by Gasteiger charge is -2.06. The third-order valence-electron chi connectivity index (χ3n) is 3.06. The molecule has 0 amide bonds. The Morgan fingerprint density at radius 2 is 2.05 bits per heavy atom. The monoisotopic (exact) mass is 325 g/mol. The van der Waals surface area contributed by atoms with E-state index in [2.05, 4.69) is 45.3 Å². The highest BCUT2D eigenvalue weighted by atomic mass is 79.9. The average Bonchev–Trinajstić information content (AvgIpc) is 2.94. The van der Waals surface area contributed by atoms with E-state index in [0.717, 1.165) is 41.9 Å². The molecule has 5 nitrogen and oxygen atoms in total. The highest BCUT2D eigenvalue weighted by molar-refractivity contribution is 9.10. The van der Waals surface area contributed by atoms with E-state index in [1.807, 2.05) is 28.7 Å². The first kappa shape index (κ1) is 14.3. The average molecular weight is 326 g/mol. The van der Waals surface area contributed by atoms with Crippen molar-refractivity contribution in [2.75, 3.05) is 0 Å². The van der Waals surface area contributed by atoms with Gasteiger partial charge in [-0.05, 0) is 35.3 Å². The Morgan fingerprint density at radius 1 is 1.26 bits per heavy atom. The second kappa shape index (κ2) is 6.34. The fourth-order valence-electron chi connectivity index (χ4n) is 2.05. The lowest BCUT2D eigenvalue weighted by Crippen LogP contribution is -2.17. The molecule has 0 aromatic carbocycles. The quantitative estimate of drug-likeness (QED) is 0.886. The van der Waals surface area contributed by atoms with Gasteiger partial charge in [0.1, 0.15) is 0 Å². The zero-order chi connectivity index (χ0) is 13.8. The minimum atomic E-state index is 0.767. The highest BCUT2D eigenvalue weighted by Gasteiger charge is 2.13. The summed E-state index contributed by atoms with van der Waals surface area (Å²) < 4.78 is 5.00. The number of aryl methyl sites for hydroxylation is 3. The van der Waals surface area contributed by atoms with Crippen LogP contribution in [0.1, 0.15) is 30.9 Å². The summed E-state index contributed by atoms with van der Waals surface area (Å²) in [6.07, 6.45) is 2.90. The van der Waals surface area contributed by atoms with Gasteiger partial charge in [0, 0.05) is 32.9 Å². The van der Waals surface area contributed by atoms with E-state index >= 15 is 0 Å². The molecule has 6 heteroatoms. The van der Waals surface area contributed by atoms with Crippen LogP contribution in [0.2, 0.25) is 0 Å². The third kappa shape index (κ3) is 3.25. The number of nitrogens with one attached hydrogen (secondary N) is 1. The SMILES string of the molecule is CCc1nn(CC)c(CNCc2ccn(C)n2)c1Br. The second-order valence-electron chi connectivity index (χ2n) is 4.46. The van der Waals surface area contributed by atoms with Crippen molar-refractivity contribution in [3.05, 3.63) is 33.8 Å². The minimum absolute atomic E-state index is 0.767. The molecule has 0 atom stereocenters. The summed E-state index contributed by atoms with van der Waals surface area (Å²) in [5.74, 6) is 0. The van der Waals surface area contributed by atoms with Gasteiger partial charge >= 0.3 is 0 Å². The molecular weight excluding hydrogens is 306 g/mol. The molecule has 0 spiro atoms. The predicted octanol–water partition coefficient (Wildman–Crippen LogP) is 2.25. The van der Waals surface area contributed by atoms with Crippen LogP contribution in [-0.4, -0.2) is 19.6 Å². The molecule has 2 heterocycles. The maximum atomic E-state index is 4.59. The van der Waals surface area contributed by atoms with Gasteiger partial charge in [-0.15, -0.1) is 0 Å². The van der Waals surface area contributed by atoms with Crippen LogP contribution in [0.5, 0.6) is 0 Å². The molecule has 1 N–H and O–H groups in total. The highest BCUT2D eigenvalue weighted by Crippen LogP contribution is 2.22. The molecule has 2 aromatic heterocycles. The summed E-state index contributed by atoms with van der Waals surface area (Å²) in [6.45, 7) is 6.68. The Hall–Kier alpha value is -1.14. The molecule has 0 aliphatic rings. The van der Waals surface area contributed by atoms with Gasteiger partial charge in [0.2, 0.25) is 0 Å². The van der Waals surface area contributed by atoms with Crippen molar-refractivity contribution in [1.82, 2.24) is 24.9 Å². The van der Waals surface area contributed by atoms with Crippen molar-refractivity contribution >= 4 is 15.9 Å². The van der Waals surface area contributed by atoms with Gasteiger partial charge in [0.05, 0.1) is 21.6 Å². The van der Waals surface area contributed by atoms with Crippen LogP contribution in [0.3, 0.4) is 0 Å². The minimum Gasteiger partial charge on any atom is -0.305 e. The smallest absolute Gasteiger partial charge is 0.0767 e. The van der Waals surface area contributed by atoms with Crippen LogP contribution in [-0.2, 0) is 33.1 Å². The number of hydrogen-bond acceptors (Lipinski definition) is 3. The zero-order valence-electron chi connectivity index (χ0n) is 11.6. The van der Waals surface area contributed by atoms with E-state index in [0.29, 0.717) is 0 Å². The Labute approximate surface area is 122 Å². The summed E-state index contributed by atoms with van der Waals surface area (Å²) >= 11 is 3.65. The van der Waals surface area contributed by atoms with E-state index in [4.69, 9.17) is 0 Å². The van der Waals surface area contributed by atoms with Gasteiger partial charge in [-0.1, -0.05) is 6.92 Å². The van der Waals surface area contributed by atoms with Crippen molar-refractivity contribution < 1.29 is 0 Å². The fraction of sp³-hybridized carbons (Fsp3) is 0.538. The molecule has 104 valence electrons. The van der Waals surface area contributed by atoms with Crippen molar-refractivity contribution in [1.29, 1.82) is 0 Å². The van der Waals surface area contributed by atoms with Crippen LogP contribution >= 0.6 is 15.9 Å². The molecule has 2 aromatic rings. The van der Waals surface area contributed by atoms with Crippen LogP contribution in [0.4, 0.5) is 0 Å². The van der Waals surface area contributed by atoms with E-state index in [1.54, 1.807) is 0 Å². The summed E-state index contributed by atoms with van der Waals surface area (Å²) in [6, 6.07) is 2.02. The van der Waals surface area contributed by atoms with E-state index in [-0.39, 0.29) is 0 Å². The summed E-state index contributed by atoms with van der Waals surface area (Å²) in [4.78, 5) is 0. The Morgan fingerprint density at radius 3 is 2.63 bits per heavy atom. The number of rotatable bonds is 6. The molecule has 0 aliphatic carbocycles. The fourth-order valence-corrected chi connectivity index (χ4v) is 2.76. The Balaban J connectivity index is 2.00. The van der Waals surface area contributed by atoms with E-state index in [1.165, 1.54) is 5.69 Å². The number of aromatic nitrogens is 4. The lowest BCUT2D eigenvalue weighted by molar-refractivity contribution is 0.571. The van der Waals surface area contributed by atoms with Crippen molar-refractivity contribution in [3.63, 3.8) is 0 Å². The van der Waals surface area contributed by atoms with Crippen LogP contribution in [0.15, 0.2) is 16.7 Å². The van der Waals surface area contributed by atoms with E-state index < -0.39 is 0 Å². The predicted molar refractivity (Wildman–Crippen MR) is 78.7 cm³/mol. The molecule has 0 unspecified atom stereocenters. The molecule has 19 heavy (non-hydrogen) atoms. The van der Waals surface area contributed by atoms with Crippen molar-refractivity contribution in [3.8, 4) is 0 Å². The topological polar surface area (TPSA) is 47.7 Å². The normalized spacial score (nSPS) is 11.2. The first-order valence-electron chi connectivity index (χ1n) is 6.59. The standard InChI is InChI=1S/C13H20BrN5/c1-4-11-13(14)12(19(5-2)17-11)9-15-8-10-6-7-18(3)16-10/h6-7,15H,4-5,8-9H2,1-3H3. The first-order valence-corrected chi connectivity index (χ1v) is 7.38. The van der Waals surface area contributed by atoms with Gasteiger partial charge < -0.3 is 5.32 Å². The zero-order valence-corrected chi connectivity index (χ0v) is 13.2. The molecule has 2 rings (SSSR count). The maximum Gasteiger partial charge on any atom is 0.0767 e. The number of halogens is 1. The van der Waals surface area contributed by atoms with Crippen LogP contribution < -0.4 is 5.32 Å². The lowest BCUT2D eigenvalue weighted by atomic mass is 10.3. The maximum absolute atomic E-state index is 4.59. The molecule has 0 saturated carbocycles. The van der Waals surface area contributed by atoms with E-state index in [9.17, 15) is 0 Å². The Bertz CT molecular complexity index is 543. The molecular formula is C13H20BrN5. The van der Waals surface area contributed by atoms with Gasteiger partial charge in [-0.2, -0.15) is 10.2 Å². The van der Waals surface area contributed by atoms with Crippen molar-refractivity contribution in [2.45, 2.75) is 39.9 Å². The van der Waals surface area contributed by atoms with Crippen molar-refractivity contribution in [2.24, 2.45) is 7.05 Å².